The van der Waals surface area contributed by atoms with E-state index in [-0.39, 0.29) is 5.97 Å². The molecule has 0 spiro atoms. The maximum absolute atomic E-state index is 11.5. The Balaban J connectivity index is 2.71. The molecule has 0 saturated carbocycles. The monoisotopic (exact) mass is 276 g/mol. The molecule has 0 aliphatic rings. The van der Waals surface area contributed by atoms with Gasteiger partial charge in [-0.1, -0.05) is 32.4 Å². The van der Waals surface area contributed by atoms with E-state index in [0.717, 1.165) is 42.8 Å². The number of ether oxygens (including phenoxy) is 2. The summed E-state index contributed by atoms with van der Waals surface area (Å²) < 4.78 is 10.6. The van der Waals surface area contributed by atoms with Crippen LogP contribution < -0.4 is 4.74 Å². The van der Waals surface area contributed by atoms with Gasteiger partial charge in [-0.3, -0.25) is 0 Å². The molecule has 0 atom stereocenters. The molecule has 0 radical (unpaired) electrons. The van der Waals surface area contributed by atoms with Gasteiger partial charge in [-0.05, 0) is 43.0 Å². The van der Waals surface area contributed by atoms with E-state index in [0.29, 0.717) is 6.61 Å². The van der Waals surface area contributed by atoms with Gasteiger partial charge in [0.2, 0.25) is 0 Å². The molecule has 0 aliphatic heterocycles. The van der Waals surface area contributed by atoms with Gasteiger partial charge in [-0.15, -0.1) is 0 Å². The molecule has 0 N–H and O–H groups in total. The molecule has 3 heteroatoms. The van der Waals surface area contributed by atoms with Gasteiger partial charge in [0.15, 0.2) is 0 Å². The molecule has 20 heavy (non-hydrogen) atoms. The number of hydrogen-bond acceptors (Lipinski definition) is 3. The Kier molecular flexibility index (Phi) is 7.48. The highest BCUT2D eigenvalue weighted by molar-refractivity contribution is 5.91. The Morgan fingerprint density at radius 1 is 1.15 bits per heavy atom. The lowest BCUT2D eigenvalue weighted by atomic mass is 10.0. The van der Waals surface area contributed by atoms with Crippen LogP contribution in [0.2, 0.25) is 0 Å². The SMILES string of the molecule is CCCCOc1ccc(C(=CC(=O)OCC)CC)cc1. The van der Waals surface area contributed by atoms with Crippen LogP contribution in [0.15, 0.2) is 30.3 Å². The smallest absolute Gasteiger partial charge is 0.331 e. The average Bonchev–Trinajstić information content (AvgIpc) is 2.46. The Bertz CT molecular complexity index is 432. The summed E-state index contributed by atoms with van der Waals surface area (Å²) in [4.78, 5) is 11.5. The third-order valence-electron chi connectivity index (χ3n) is 2.95. The van der Waals surface area contributed by atoms with Crippen molar-refractivity contribution >= 4 is 11.5 Å². The Morgan fingerprint density at radius 3 is 2.40 bits per heavy atom. The van der Waals surface area contributed by atoms with Gasteiger partial charge in [0.25, 0.3) is 0 Å². The highest BCUT2D eigenvalue weighted by Crippen LogP contribution is 2.21. The van der Waals surface area contributed by atoms with Gasteiger partial charge in [0, 0.05) is 6.08 Å². The van der Waals surface area contributed by atoms with E-state index >= 15 is 0 Å². The van der Waals surface area contributed by atoms with Crippen LogP contribution in [-0.2, 0) is 9.53 Å². The molecule has 110 valence electrons. The number of unbranched alkanes of at least 4 members (excludes halogenated alkanes) is 1. The first kappa shape index (κ1) is 16.3. The van der Waals surface area contributed by atoms with Crippen molar-refractivity contribution in [3.63, 3.8) is 0 Å². The quantitative estimate of drug-likeness (QED) is 0.405. The number of benzene rings is 1. The lowest BCUT2D eigenvalue weighted by molar-refractivity contribution is -0.137. The molecular formula is C17H24O3. The van der Waals surface area contributed by atoms with Crippen molar-refractivity contribution in [2.24, 2.45) is 0 Å². The van der Waals surface area contributed by atoms with Crippen molar-refractivity contribution in [1.82, 2.24) is 0 Å². The molecule has 3 nitrogen and oxygen atoms in total. The highest BCUT2D eigenvalue weighted by atomic mass is 16.5. The van der Waals surface area contributed by atoms with Crippen molar-refractivity contribution in [1.29, 1.82) is 0 Å². The largest absolute Gasteiger partial charge is 0.494 e. The number of hydrogen-bond donors (Lipinski definition) is 0. The zero-order valence-corrected chi connectivity index (χ0v) is 12.6. The van der Waals surface area contributed by atoms with E-state index in [1.807, 2.05) is 31.2 Å². The molecule has 1 aromatic carbocycles. The minimum atomic E-state index is -0.285. The van der Waals surface area contributed by atoms with E-state index in [4.69, 9.17) is 9.47 Å². The van der Waals surface area contributed by atoms with E-state index in [2.05, 4.69) is 6.92 Å². The molecule has 0 saturated heterocycles. The van der Waals surface area contributed by atoms with Crippen LogP contribution in [-0.4, -0.2) is 19.2 Å². The van der Waals surface area contributed by atoms with E-state index in [1.54, 1.807) is 13.0 Å². The summed E-state index contributed by atoms with van der Waals surface area (Å²) in [6.07, 6.45) is 4.54. The number of esters is 1. The number of carbonyl (C=O) groups is 1. The highest BCUT2D eigenvalue weighted by Gasteiger charge is 2.04. The predicted molar refractivity (Wildman–Crippen MR) is 81.7 cm³/mol. The molecule has 0 bridgehead atoms. The first-order valence-corrected chi connectivity index (χ1v) is 7.31. The summed E-state index contributed by atoms with van der Waals surface area (Å²) in [6.45, 7) is 7.11. The number of allylic oxidation sites excluding steroid dienone is 1. The molecule has 0 amide bonds. The predicted octanol–water partition coefficient (Wildman–Crippen LogP) is 4.22. The van der Waals surface area contributed by atoms with Crippen LogP contribution in [0.1, 0.15) is 45.6 Å². The number of carbonyl (C=O) groups excluding carboxylic acids is 1. The lowest BCUT2D eigenvalue weighted by Gasteiger charge is -2.08. The van der Waals surface area contributed by atoms with Crippen molar-refractivity contribution in [2.45, 2.75) is 40.0 Å². The van der Waals surface area contributed by atoms with E-state index < -0.39 is 0 Å². The molecule has 1 rings (SSSR count). The summed E-state index contributed by atoms with van der Waals surface area (Å²) in [5.41, 5.74) is 2.01. The van der Waals surface area contributed by atoms with E-state index in [9.17, 15) is 4.79 Å². The molecule has 1 aromatic rings. The van der Waals surface area contributed by atoms with Crippen molar-refractivity contribution in [3.05, 3.63) is 35.9 Å². The second kappa shape index (κ2) is 9.18. The van der Waals surface area contributed by atoms with Gasteiger partial charge in [0.05, 0.1) is 13.2 Å². The van der Waals surface area contributed by atoms with Crippen molar-refractivity contribution in [2.75, 3.05) is 13.2 Å². The fourth-order valence-electron chi connectivity index (χ4n) is 1.82. The van der Waals surface area contributed by atoms with Gasteiger partial charge >= 0.3 is 5.97 Å². The molecule has 0 unspecified atom stereocenters. The van der Waals surface area contributed by atoms with Crippen molar-refractivity contribution in [3.8, 4) is 5.75 Å². The number of rotatable bonds is 8. The maximum Gasteiger partial charge on any atom is 0.331 e. The zero-order chi connectivity index (χ0) is 14.8. The van der Waals surface area contributed by atoms with Crippen LogP contribution in [0.25, 0.3) is 5.57 Å². The topological polar surface area (TPSA) is 35.5 Å². The fraction of sp³-hybridized carbons (Fsp3) is 0.471. The Labute approximate surface area is 121 Å². The van der Waals surface area contributed by atoms with Crippen LogP contribution >= 0.6 is 0 Å². The minimum absolute atomic E-state index is 0.285. The van der Waals surface area contributed by atoms with Gasteiger partial charge in [-0.2, -0.15) is 0 Å². The molecule has 0 aromatic heterocycles. The molecular weight excluding hydrogens is 252 g/mol. The van der Waals surface area contributed by atoms with E-state index in [1.165, 1.54) is 0 Å². The maximum atomic E-state index is 11.5. The Morgan fingerprint density at radius 2 is 1.85 bits per heavy atom. The molecule has 0 fully saturated rings. The Hall–Kier alpha value is -1.77. The standard InChI is InChI=1S/C17H24O3/c1-4-7-12-20-16-10-8-15(9-11-16)14(5-2)13-17(18)19-6-3/h8-11,13H,4-7,12H2,1-3H3. The van der Waals surface area contributed by atoms with Crippen LogP contribution in [0.3, 0.4) is 0 Å². The first-order chi connectivity index (χ1) is 9.71. The zero-order valence-electron chi connectivity index (χ0n) is 12.6. The molecule has 0 aliphatic carbocycles. The minimum Gasteiger partial charge on any atom is -0.494 e. The summed E-state index contributed by atoms with van der Waals surface area (Å²) in [6, 6.07) is 7.85. The van der Waals surface area contributed by atoms with Gasteiger partial charge in [-0.25, -0.2) is 4.79 Å². The average molecular weight is 276 g/mol. The van der Waals surface area contributed by atoms with Crippen LogP contribution in [0.4, 0.5) is 0 Å². The summed E-state index contributed by atoms with van der Waals surface area (Å²) in [5, 5.41) is 0. The second-order valence-corrected chi connectivity index (χ2v) is 4.50. The van der Waals surface area contributed by atoms with Gasteiger partial charge < -0.3 is 9.47 Å². The first-order valence-electron chi connectivity index (χ1n) is 7.31. The molecule has 0 heterocycles. The third kappa shape index (κ3) is 5.47. The van der Waals surface area contributed by atoms with Crippen LogP contribution in [0.5, 0.6) is 5.75 Å². The second-order valence-electron chi connectivity index (χ2n) is 4.50. The fourth-order valence-corrected chi connectivity index (χ4v) is 1.82. The lowest BCUT2D eigenvalue weighted by Crippen LogP contribution is -2.01. The normalized spacial score (nSPS) is 11.2. The van der Waals surface area contributed by atoms with Crippen molar-refractivity contribution < 1.29 is 14.3 Å². The third-order valence-corrected chi connectivity index (χ3v) is 2.95. The van der Waals surface area contributed by atoms with Crippen LogP contribution in [0, 0.1) is 0 Å². The summed E-state index contributed by atoms with van der Waals surface area (Å²) in [7, 11) is 0. The summed E-state index contributed by atoms with van der Waals surface area (Å²) >= 11 is 0. The summed E-state index contributed by atoms with van der Waals surface area (Å²) in [5.74, 6) is 0.585. The van der Waals surface area contributed by atoms with Gasteiger partial charge in [0.1, 0.15) is 5.75 Å².